The summed E-state index contributed by atoms with van der Waals surface area (Å²) in [5.74, 6) is -1.28. The van der Waals surface area contributed by atoms with E-state index in [0.717, 1.165) is 17.5 Å². The summed E-state index contributed by atoms with van der Waals surface area (Å²) in [6, 6.07) is 11.7. The Morgan fingerprint density at radius 1 is 1.13 bits per heavy atom. The molecule has 1 spiro atoms. The number of hydrogen-bond acceptors (Lipinski definition) is 6. The average Bonchev–Trinajstić information content (AvgIpc) is 3.47. The van der Waals surface area contributed by atoms with E-state index in [2.05, 4.69) is 10.6 Å². The standard InChI is InChI=1S/C30H37N3O5S/c1-6-38-21-11-9-20(10-12-21)31-26(35)23-24-28(37)33(19(4)16-34)25(30(24)14-13-29(23,5)39-30)27(36)32-22-15-17(2)7-8-18(22)3/h7-12,15,19,23-25,34H,6,13-14,16H2,1-5H3,(H,31,35)(H,32,36)/t19-,23+,24+,25?,29-,30?/m1/s1. The van der Waals surface area contributed by atoms with Crippen molar-refractivity contribution in [3.63, 3.8) is 0 Å². The first-order chi connectivity index (χ1) is 18.5. The van der Waals surface area contributed by atoms with Crippen LogP contribution < -0.4 is 15.4 Å². The number of carbonyl (C=O) groups excluding carboxylic acids is 3. The van der Waals surface area contributed by atoms with Crippen LogP contribution in [0, 0.1) is 25.7 Å². The predicted octanol–water partition coefficient (Wildman–Crippen LogP) is 4.14. The molecule has 3 heterocycles. The second-order valence-electron chi connectivity index (χ2n) is 11.3. The third kappa shape index (κ3) is 4.49. The van der Waals surface area contributed by atoms with Gasteiger partial charge in [-0.15, -0.1) is 11.8 Å². The van der Waals surface area contributed by atoms with Crippen molar-refractivity contribution in [2.24, 2.45) is 11.8 Å². The summed E-state index contributed by atoms with van der Waals surface area (Å²) < 4.78 is 4.27. The summed E-state index contributed by atoms with van der Waals surface area (Å²) in [7, 11) is 0. The van der Waals surface area contributed by atoms with Gasteiger partial charge in [-0.2, -0.15) is 0 Å². The second kappa shape index (κ2) is 10.2. The molecule has 3 amide bonds. The molecule has 3 saturated heterocycles. The number of ether oxygens (including phenoxy) is 1. The number of fused-ring (bicyclic) bond motifs is 1. The lowest BCUT2D eigenvalue weighted by Crippen LogP contribution is -2.54. The zero-order chi connectivity index (χ0) is 28.1. The molecule has 0 radical (unpaired) electrons. The maximum Gasteiger partial charge on any atom is 0.248 e. The number of rotatable bonds is 8. The third-order valence-corrected chi connectivity index (χ3v) is 10.6. The number of likely N-dealkylation sites (tertiary alicyclic amines) is 1. The van der Waals surface area contributed by atoms with Crippen molar-refractivity contribution < 1.29 is 24.2 Å². The van der Waals surface area contributed by atoms with Gasteiger partial charge < -0.3 is 25.4 Å². The Morgan fingerprint density at radius 2 is 1.85 bits per heavy atom. The van der Waals surface area contributed by atoms with E-state index in [1.807, 2.05) is 45.9 Å². The monoisotopic (exact) mass is 551 g/mol. The minimum Gasteiger partial charge on any atom is -0.494 e. The minimum absolute atomic E-state index is 0.221. The van der Waals surface area contributed by atoms with Crippen molar-refractivity contribution >= 4 is 40.9 Å². The van der Waals surface area contributed by atoms with Crippen LogP contribution >= 0.6 is 11.8 Å². The Balaban J connectivity index is 1.48. The topological polar surface area (TPSA) is 108 Å². The molecule has 2 unspecified atom stereocenters. The smallest absolute Gasteiger partial charge is 0.248 e. The van der Waals surface area contributed by atoms with E-state index >= 15 is 0 Å². The maximum absolute atomic E-state index is 14.1. The van der Waals surface area contributed by atoms with Gasteiger partial charge in [-0.1, -0.05) is 12.1 Å². The summed E-state index contributed by atoms with van der Waals surface area (Å²) in [5, 5.41) is 16.2. The molecule has 2 aromatic rings. The van der Waals surface area contributed by atoms with E-state index < -0.39 is 33.4 Å². The Labute approximate surface area is 233 Å². The van der Waals surface area contributed by atoms with Crippen LogP contribution in [0.15, 0.2) is 42.5 Å². The predicted molar refractivity (Wildman–Crippen MR) is 153 cm³/mol. The van der Waals surface area contributed by atoms with Crippen molar-refractivity contribution in [1.29, 1.82) is 0 Å². The Morgan fingerprint density at radius 3 is 2.51 bits per heavy atom. The molecule has 208 valence electrons. The minimum atomic E-state index is -0.799. The Kier molecular flexibility index (Phi) is 7.18. The van der Waals surface area contributed by atoms with Crippen molar-refractivity contribution in [2.45, 2.75) is 69.0 Å². The second-order valence-corrected chi connectivity index (χ2v) is 13.2. The van der Waals surface area contributed by atoms with Gasteiger partial charge in [0.05, 0.1) is 35.8 Å². The highest BCUT2D eigenvalue weighted by Crippen LogP contribution is 2.71. The van der Waals surface area contributed by atoms with Crippen molar-refractivity contribution in [3.8, 4) is 5.75 Å². The van der Waals surface area contributed by atoms with Crippen LogP contribution in [0.3, 0.4) is 0 Å². The van der Waals surface area contributed by atoms with Crippen LogP contribution in [0.1, 0.15) is 44.7 Å². The molecule has 3 N–H and O–H groups in total. The summed E-state index contributed by atoms with van der Waals surface area (Å²) in [6.45, 7) is 9.88. The van der Waals surface area contributed by atoms with Crippen molar-refractivity contribution in [2.75, 3.05) is 23.8 Å². The number of carbonyl (C=O) groups is 3. The molecule has 0 aliphatic carbocycles. The lowest BCUT2D eigenvalue weighted by molar-refractivity contribution is -0.141. The number of anilines is 2. The van der Waals surface area contributed by atoms with Crippen LogP contribution in [0.25, 0.3) is 0 Å². The molecule has 3 aliphatic rings. The van der Waals surface area contributed by atoms with E-state index in [4.69, 9.17) is 4.74 Å². The lowest BCUT2D eigenvalue weighted by Gasteiger charge is -2.36. The number of aryl methyl sites for hydroxylation is 2. The van der Waals surface area contributed by atoms with E-state index in [1.165, 1.54) is 0 Å². The average molecular weight is 552 g/mol. The largest absolute Gasteiger partial charge is 0.494 e. The molecule has 39 heavy (non-hydrogen) atoms. The normalized spacial score (nSPS) is 29.7. The highest BCUT2D eigenvalue weighted by molar-refractivity contribution is 8.02. The van der Waals surface area contributed by atoms with Gasteiger partial charge in [0.15, 0.2) is 0 Å². The van der Waals surface area contributed by atoms with Crippen LogP contribution in [0.4, 0.5) is 11.4 Å². The Bertz CT molecular complexity index is 1300. The van der Waals surface area contributed by atoms with Gasteiger partial charge in [0.25, 0.3) is 0 Å². The van der Waals surface area contributed by atoms with E-state index in [0.29, 0.717) is 30.2 Å². The molecule has 0 saturated carbocycles. The number of aliphatic hydroxyl groups is 1. The number of nitrogens with zero attached hydrogens (tertiary/aromatic N) is 1. The third-order valence-electron chi connectivity index (χ3n) is 8.57. The summed E-state index contributed by atoms with van der Waals surface area (Å²) in [6.07, 6.45) is 1.37. The summed E-state index contributed by atoms with van der Waals surface area (Å²) >= 11 is 1.61. The number of amides is 3. The van der Waals surface area contributed by atoms with Crippen LogP contribution in [-0.4, -0.2) is 62.5 Å². The van der Waals surface area contributed by atoms with Crippen molar-refractivity contribution in [1.82, 2.24) is 4.90 Å². The number of nitrogens with one attached hydrogen (secondary N) is 2. The molecule has 3 fully saturated rings. The molecular weight excluding hydrogens is 514 g/mol. The molecule has 3 aliphatic heterocycles. The van der Waals surface area contributed by atoms with Crippen molar-refractivity contribution in [3.05, 3.63) is 53.6 Å². The summed E-state index contributed by atoms with van der Waals surface area (Å²) in [4.78, 5) is 43.5. The number of benzene rings is 2. The quantitative estimate of drug-likeness (QED) is 0.455. The first kappa shape index (κ1) is 27.5. The van der Waals surface area contributed by atoms with Gasteiger partial charge >= 0.3 is 0 Å². The van der Waals surface area contributed by atoms with Gasteiger partial charge in [0.1, 0.15) is 11.8 Å². The van der Waals surface area contributed by atoms with E-state index in [1.54, 1.807) is 47.9 Å². The van der Waals surface area contributed by atoms with Gasteiger partial charge in [-0.05, 0) is 88.9 Å². The first-order valence-electron chi connectivity index (χ1n) is 13.6. The molecule has 0 aromatic heterocycles. The fourth-order valence-electron chi connectivity index (χ4n) is 6.72. The van der Waals surface area contributed by atoms with Crippen LogP contribution in [0.2, 0.25) is 0 Å². The van der Waals surface area contributed by atoms with Gasteiger partial charge in [-0.3, -0.25) is 14.4 Å². The fourth-order valence-corrected chi connectivity index (χ4v) is 9.06. The summed E-state index contributed by atoms with van der Waals surface area (Å²) in [5.41, 5.74) is 3.28. The fraction of sp³-hybridized carbons (Fsp3) is 0.500. The highest BCUT2D eigenvalue weighted by atomic mass is 32.2. The van der Waals surface area contributed by atoms with Gasteiger partial charge in [0, 0.05) is 16.1 Å². The molecule has 2 aromatic carbocycles. The first-order valence-corrected chi connectivity index (χ1v) is 14.4. The van der Waals surface area contributed by atoms with E-state index in [9.17, 15) is 19.5 Å². The van der Waals surface area contributed by atoms with E-state index in [-0.39, 0.29) is 24.3 Å². The van der Waals surface area contributed by atoms with Gasteiger partial charge in [-0.25, -0.2) is 0 Å². The molecule has 6 atom stereocenters. The highest BCUT2D eigenvalue weighted by Gasteiger charge is 2.77. The zero-order valence-electron chi connectivity index (χ0n) is 23.1. The molecule has 5 rings (SSSR count). The number of aliphatic hydroxyl groups excluding tert-OH is 1. The maximum atomic E-state index is 14.1. The molecular formula is C30H37N3O5S. The Hall–Kier alpha value is -3.04. The zero-order valence-corrected chi connectivity index (χ0v) is 23.9. The number of thioether (sulfide) groups is 1. The SMILES string of the molecule is CCOc1ccc(NC(=O)[C@@H]2[C@H]3C(=O)N([C@H](C)CO)C(C(=O)Nc4cc(C)ccc4C)C34CC[C@@]2(C)S4)cc1. The lowest BCUT2D eigenvalue weighted by atomic mass is 9.66. The molecule has 9 heteroatoms. The van der Waals surface area contributed by atoms with Gasteiger partial charge in [0.2, 0.25) is 17.7 Å². The molecule has 2 bridgehead atoms. The van der Waals surface area contributed by atoms with Crippen LogP contribution in [-0.2, 0) is 14.4 Å². The van der Waals surface area contributed by atoms with Crippen LogP contribution in [0.5, 0.6) is 5.75 Å². The molecule has 8 nitrogen and oxygen atoms in total. The number of hydrogen-bond donors (Lipinski definition) is 3.